The van der Waals surface area contributed by atoms with E-state index >= 15 is 0 Å². The molecule has 0 spiro atoms. The van der Waals surface area contributed by atoms with E-state index in [1.807, 2.05) is 0 Å². The van der Waals surface area contributed by atoms with Gasteiger partial charge in [0, 0.05) is 25.7 Å². The lowest BCUT2D eigenvalue weighted by Crippen LogP contribution is -2.30. The molecule has 17 nitrogen and oxygen atoms in total. The summed E-state index contributed by atoms with van der Waals surface area (Å²) >= 11 is 0. The van der Waals surface area contributed by atoms with Gasteiger partial charge in [-0.1, -0.05) is 293 Å². The first-order valence-corrected chi connectivity index (χ1v) is 39.2. The number of phosphoric ester groups is 2. The maximum Gasteiger partial charge on any atom is 0.472 e. The lowest BCUT2D eigenvalue weighted by atomic mass is 10.00. The van der Waals surface area contributed by atoms with Crippen LogP contribution in [0.4, 0.5) is 0 Å². The van der Waals surface area contributed by atoms with Crippen LogP contribution in [0.5, 0.6) is 0 Å². The number of carbonyl (C=O) groups excluding carboxylic acids is 4. The molecule has 0 aromatic heterocycles. The molecule has 528 valence electrons. The van der Waals surface area contributed by atoms with Crippen LogP contribution in [0.3, 0.4) is 0 Å². The zero-order chi connectivity index (χ0) is 66.1. The highest BCUT2D eigenvalue weighted by atomic mass is 31.2. The van der Waals surface area contributed by atoms with Crippen LogP contribution in [0, 0.1) is 23.7 Å². The molecular formula is C70H136O17P2. The molecule has 89 heavy (non-hydrogen) atoms. The van der Waals surface area contributed by atoms with Gasteiger partial charge in [0.2, 0.25) is 0 Å². The van der Waals surface area contributed by atoms with Gasteiger partial charge >= 0.3 is 39.5 Å². The van der Waals surface area contributed by atoms with Crippen LogP contribution in [0.25, 0.3) is 0 Å². The van der Waals surface area contributed by atoms with Crippen LogP contribution < -0.4 is 0 Å². The van der Waals surface area contributed by atoms with Crippen LogP contribution in [0.2, 0.25) is 0 Å². The average Bonchev–Trinajstić information content (AvgIpc) is 3.70. The molecular weight excluding hydrogens is 1170 g/mol. The molecule has 0 bridgehead atoms. The number of carbonyl (C=O) groups is 4. The molecule has 0 aromatic rings. The van der Waals surface area contributed by atoms with Gasteiger partial charge < -0.3 is 33.8 Å². The summed E-state index contributed by atoms with van der Waals surface area (Å²) in [6.45, 7) is 14.1. The van der Waals surface area contributed by atoms with Crippen LogP contribution in [0.1, 0.15) is 344 Å². The molecule has 0 saturated heterocycles. The second-order valence-corrected chi connectivity index (χ2v) is 29.8. The number of phosphoric acid groups is 2. The van der Waals surface area contributed by atoms with Crippen molar-refractivity contribution < 1.29 is 80.2 Å². The van der Waals surface area contributed by atoms with Crippen LogP contribution in [-0.2, 0) is 65.4 Å². The molecule has 0 heterocycles. The highest BCUT2D eigenvalue weighted by Crippen LogP contribution is 2.45. The first kappa shape index (κ1) is 87.1. The van der Waals surface area contributed by atoms with Crippen molar-refractivity contribution in [1.82, 2.24) is 0 Å². The molecule has 3 N–H and O–H groups in total. The Kier molecular flexibility index (Phi) is 58.5. The minimum absolute atomic E-state index is 0.102. The molecule has 6 atom stereocenters. The van der Waals surface area contributed by atoms with Gasteiger partial charge in [-0.3, -0.25) is 37.3 Å². The summed E-state index contributed by atoms with van der Waals surface area (Å²) in [5.74, 6) is 0.845. The third-order valence-corrected chi connectivity index (χ3v) is 18.3. The van der Waals surface area contributed by atoms with Gasteiger partial charge in [0.05, 0.1) is 26.4 Å². The summed E-state index contributed by atoms with van der Waals surface area (Å²) in [5.41, 5.74) is 0. The summed E-state index contributed by atoms with van der Waals surface area (Å²) < 4.78 is 68.3. The molecule has 4 unspecified atom stereocenters. The smallest absolute Gasteiger partial charge is 0.462 e. The maximum atomic E-state index is 13.0. The predicted molar refractivity (Wildman–Crippen MR) is 358 cm³/mol. The summed E-state index contributed by atoms with van der Waals surface area (Å²) in [6, 6.07) is 0. The second kappa shape index (κ2) is 59.8. The number of hydrogen-bond acceptors (Lipinski definition) is 15. The highest BCUT2D eigenvalue weighted by Gasteiger charge is 2.30. The van der Waals surface area contributed by atoms with Crippen molar-refractivity contribution in [2.24, 2.45) is 23.7 Å². The van der Waals surface area contributed by atoms with Gasteiger partial charge in [-0.15, -0.1) is 0 Å². The molecule has 0 aliphatic carbocycles. The Morgan fingerprint density at radius 2 is 0.539 bits per heavy atom. The molecule has 19 heteroatoms. The van der Waals surface area contributed by atoms with Crippen molar-refractivity contribution in [1.29, 1.82) is 0 Å². The Labute approximate surface area is 543 Å². The van der Waals surface area contributed by atoms with E-state index in [0.29, 0.717) is 25.7 Å². The molecule has 0 amide bonds. The summed E-state index contributed by atoms with van der Waals surface area (Å²) in [7, 11) is -9.90. The first-order valence-electron chi connectivity index (χ1n) is 36.2. The fourth-order valence-corrected chi connectivity index (χ4v) is 12.0. The SMILES string of the molecule is CCC(C)CCCCCCCCC(=O)O[C@H](COC(=O)CCCCCCCCCCC(C)C)COP(=O)(O)OCC(O)COP(=O)(O)OC[C@@H](COC(=O)CCCCCCCCCCCC(C)C)OC(=O)CCCCCCCCCCCCCCCC(C)C. The standard InChI is InChI=1S/C70H136O17P2/c1-9-63(8)49-41-33-28-29-37-45-53-70(75)87-66(57-81-68(73)51-43-35-26-21-20-24-32-40-48-62(6)7)59-85-89(78,79)83-55-64(71)54-82-88(76,77)84-58-65(56-80-67(72)50-42-34-25-19-15-17-23-31-39-47-61(4)5)86-69(74)52-44-36-27-18-14-12-10-11-13-16-22-30-38-46-60(2)3/h60-66,71H,9-59H2,1-8H3,(H,76,77)(H,78,79)/t63?,64?,65-,66-/m1/s1. The summed E-state index contributed by atoms with van der Waals surface area (Å²) in [5, 5.41) is 10.6. The Morgan fingerprint density at radius 1 is 0.315 bits per heavy atom. The monoisotopic (exact) mass is 1310 g/mol. The van der Waals surface area contributed by atoms with Gasteiger partial charge in [-0.05, 0) is 49.4 Å². The molecule has 0 radical (unpaired) electrons. The van der Waals surface area contributed by atoms with Gasteiger partial charge in [-0.25, -0.2) is 9.13 Å². The average molecular weight is 1310 g/mol. The van der Waals surface area contributed by atoms with E-state index in [2.05, 4.69) is 55.4 Å². The van der Waals surface area contributed by atoms with E-state index in [0.717, 1.165) is 114 Å². The van der Waals surface area contributed by atoms with Crippen molar-refractivity contribution >= 4 is 39.5 Å². The Hall–Kier alpha value is -1.94. The van der Waals surface area contributed by atoms with Crippen LogP contribution in [0.15, 0.2) is 0 Å². The number of unbranched alkanes of at least 4 members (excludes halogenated alkanes) is 32. The van der Waals surface area contributed by atoms with Crippen molar-refractivity contribution in [3.63, 3.8) is 0 Å². The van der Waals surface area contributed by atoms with E-state index in [4.69, 9.17) is 37.0 Å². The summed E-state index contributed by atoms with van der Waals surface area (Å²) in [6.07, 6.45) is 41.8. The third kappa shape index (κ3) is 63.2. The fraction of sp³-hybridized carbons (Fsp3) is 0.943. The van der Waals surface area contributed by atoms with Gasteiger partial charge in [0.1, 0.15) is 19.3 Å². The lowest BCUT2D eigenvalue weighted by Gasteiger charge is -2.21. The number of ether oxygens (including phenoxy) is 4. The second-order valence-electron chi connectivity index (χ2n) is 26.9. The molecule has 0 aliphatic rings. The molecule has 0 saturated carbocycles. The molecule has 0 aromatic carbocycles. The van der Waals surface area contributed by atoms with Gasteiger partial charge in [-0.2, -0.15) is 0 Å². The van der Waals surface area contributed by atoms with Crippen LogP contribution in [-0.4, -0.2) is 96.7 Å². The number of esters is 4. The van der Waals surface area contributed by atoms with Crippen molar-refractivity contribution in [3.8, 4) is 0 Å². The van der Waals surface area contributed by atoms with E-state index in [9.17, 15) is 43.2 Å². The van der Waals surface area contributed by atoms with Crippen LogP contribution >= 0.6 is 15.6 Å². The largest absolute Gasteiger partial charge is 0.472 e. The Balaban J connectivity index is 5.25. The minimum atomic E-state index is -4.95. The zero-order valence-electron chi connectivity index (χ0n) is 58.1. The first-order chi connectivity index (χ1) is 42.6. The van der Waals surface area contributed by atoms with Gasteiger partial charge in [0.25, 0.3) is 0 Å². The van der Waals surface area contributed by atoms with E-state index < -0.39 is 97.5 Å². The maximum absolute atomic E-state index is 13.0. The number of aliphatic hydroxyl groups is 1. The summed E-state index contributed by atoms with van der Waals surface area (Å²) in [4.78, 5) is 72.5. The van der Waals surface area contributed by atoms with Gasteiger partial charge in [0.15, 0.2) is 12.2 Å². The lowest BCUT2D eigenvalue weighted by molar-refractivity contribution is -0.161. The van der Waals surface area contributed by atoms with E-state index in [-0.39, 0.29) is 25.7 Å². The fourth-order valence-electron chi connectivity index (χ4n) is 10.5. The third-order valence-electron chi connectivity index (χ3n) is 16.4. The Morgan fingerprint density at radius 3 is 0.798 bits per heavy atom. The van der Waals surface area contributed by atoms with Crippen molar-refractivity contribution in [3.05, 3.63) is 0 Å². The minimum Gasteiger partial charge on any atom is -0.462 e. The molecule has 0 aliphatic heterocycles. The molecule has 0 fully saturated rings. The quantitative estimate of drug-likeness (QED) is 0.0222. The number of aliphatic hydroxyl groups excluding tert-OH is 1. The highest BCUT2D eigenvalue weighted by molar-refractivity contribution is 7.47. The molecule has 0 rings (SSSR count). The number of hydrogen-bond donors (Lipinski definition) is 3. The Bertz CT molecular complexity index is 1770. The topological polar surface area (TPSA) is 237 Å². The van der Waals surface area contributed by atoms with E-state index in [1.165, 1.54) is 148 Å². The van der Waals surface area contributed by atoms with Crippen molar-refractivity contribution in [2.75, 3.05) is 39.6 Å². The zero-order valence-corrected chi connectivity index (χ0v) is 59.8. The van der Waals surface area contributed by atoms with E-state index in [1.54, 1.807) is 0 Å². The number of rotatable bonds is 67. The predicted octanol–water partition coefficient (Wildman–Crippen LogP) is 19.7. The normalized spacial score (nSPS) is 14.6. The van der Waals surface area contributed by atoms with Crippen molar-refractivity contribution in [2.45, 2.75) is 363 Å².